The summed E-state index contributed by atoms with van der Waals surface area (Å²) in [6.07, 6.45) is 0.540. The van der Waals surface area contributed by atoms with E-state index in [1.165, 1.54) is 7.11 Å². The number of halogens is 2. The van der Waals surface area contributed by atoms with Crippen molar-refractivity contribution < 1.29 is 28.5 Å². The quantitative estimate of drug-likeness (QED) is 0.413. The minimum atomic E-state index is -0.834. The fourth-order valence-corrected chi connectivity index (χ4v) is 3.82. The summed E-state index contributed by atoms with van der Waals surface area (Å²) >= 11 is 12.8. The van der Waals surface area contributed by atoms with E-state index in [1.54, 1.807) is 57.0 Å². The van der Waals surface area contributed by atoms with Gasteiger partial charge in [0, 0.05) is 6.20 Å². The molecule has 3 unspecified atom stereocenters. The highest BCUT2D eigenvalue weighted by atomic mass is 35.5. The number of methoxy groups -OCH3 is 1. The van der Waals surface area contributed by atoms with Crippen LogP contribution in [-0.2, 0) is 28.5 Å². The Morgan fingerprint density at radius 2 is 1.91 bits per heavy atom. The zero-order chi connectivity index (χ0) is 24.0. The van der Waals surface area contributed by atoms with Crippen molar-refractivity contribution in [3.63, 3.8) is 0 Å². The topological polar surface area (TPSA) is 100 Å². The van der Waals surface area contributed by atoms with Crippen molar-refractivity contribution in [1.29, 1.82) is 0 Å². The van der Waals surface area contributed by atoms with E-state index in [1.807, 2.05) is 0 Å². The van der Waals surface area contributed by atoms with E-state index in [9.17, 15) is 9.59 Å². The van der Waals surface area contributed by atoms with Crippen LogP contribution < -0.4 is 5.73 Å². The molecule has 0 aromatic heterocycles. The molecule has 2 rings (SSSR count). The van der Waals surface area contributed by atoms with E-state index < -0.39 is 30.5 Å². The SMILES string of the molecule is CCOC(=O)C1=C(C(=O)OC)C(c2cccc(Cl)c2Cl)N(COC(C)OC(C)N)C=C1C. The molecule has 0 radical (unpaired) electrons. The summed E-state index contributed by atoms with van der Waals surface area (Å²) in [6, 6.07) is 4.21. The smallest absolute Gasteiger partial charge is 0.339 e. The molecule has 0 aliphatic carbocycles. The van der Waals surface area contributed by atoms with Crippen LogP contribution in [0.15, 0.2) is 41.1 Å². The molecular weight excluding hydrogens is 459 g/mol. The number of esters is 2. The lowest BCUT2D eigenvalue weighted by Gasteiger charge is -2.37. The van der Waals surface area contributed by atoms with E-state index in [2.05, 4.69) is 0 Å². The van der Waals surface area contributed by atoms with Crippen molar-refractivity contribution in [3.8, 4) is 0 Å². The Kier molecular flexibility index (Phi) is 9.54. The number of hydrogen-bond acceptors (Lipinski definition) is 8. The van der Waals surface area contributed by atoms with Crippen molar-refractivity contribution in [2.45, 2.75) is 46.3 Å². The fraction of sp³-hybridized carbons (Fsp3) is 0.455. The summed E-state index contributed by atoms with van der Waals surface area (Å²) in [6.45, 7) is 6.90. The van der Waals surface area contributed by atoms with Crippen LogP contribution in [0, 0.1) is 0 Å². The van der Waals surface area contributed by atoms with Gasteiger partial charge in [0.1, 0.15) is 13.0 Å². The molecular formula is C22H28Cl2N2O6. The van der Waals surface area contributed by atoms with Crippen molar-refractivity contribution in [1.82, 2.24) is 4.90 Å². The van der Waals surface area contributed by atoms with Crippen LogP contribution in [0.2, 0.25) is 10.0 Å². The van der Waals surface area contributed by atoms with Gasteiger partial charge in [-0.3, -0.25) is 0 Å². The number of ether oxygens (including phenoxy) is 4. The molecule has 0 saturated heterocycles. The predicted molar refractivity (Wildman–Crippen MR) is 121 cm³/mol. The number of hydrogen-bond donors (Lipinski definition) is 1. The van der Waals surface area contributed by atoms with Crippen LogP contribution in [0.25, 0.3) is 0 Å². The van der Waals surface area contributed by atoms with Gasteiger partial charge in [-0.05, 0) is 44.9 Å². The van der Waals surface area contributed by atoms with E-state index >= 15 is 0 Å². The number of rotatable bonds is 9. The maximum absolute atomic E-state index is 12.9. The van der Waals surface area contributed by atoms with Crippen LogP contribution in [0.3, 0.4) is 0 Å². The van der Waals surface area contributed by atoms with Crippen LogP contribution in [0.4, 0.5) is 0 Å². The summed E-state index contributed by atoms with van der Waals surface area (Å²) in [5, 5.41) is 0.536. The third-order valence-corrected chi connectivity index (χ3v) is 5.49. The van der Waals surface area contributed by atoms with Gasteiger partial charge in [0.25, 0.3) is 0 Å². The summed E-state index contributed by atoms with van der Waals surface area (Å²) in [4.78, 5) is 27.4. The molecule has 0 saturated carbocycles. The fourth-order valence-electron chi connectivity index (χ4n) is 3.41. The molecule has 10 heteroatoms. The Morgan fingerprint density at radius 3 is 2.50 bits per heavy atom. The zero-order valence-electron chi connectivity index (χ0n) is 18.7. The zero-order valence-corrected chi connectivity index (χ0v) is 20.2. The van der Waals surface area contributed by atoms with Crippen molar-refractivity contribution in [2.24, 2.45) is 5.73 Å². The van der Waals surface area contributed by atoms with Crippen LogP contribution in [-0.4, -0.2) is 49.8 Å². The molecule has 8 nitrogen and oxygen atoms in total. The van der Waals surface area contributed by atoms with Crippen LogP contribution >= 0.6 is 23.2 Å². The molecule has 32 heavy (non-hydrogen) atoms. The highest BCUT2D eigenvalue weighted by Crippen LogP contribution is 2.42. The summed E-state index contributed by atoms with van der Waals surface area (Å²) in [5.74, 6) is -1.34. The standard InChI is InChI=1S/C22H28Cl2N2O6/c1-6-30-22(28)17-12(2)10-26(11-31-14(4)32-13(3)25)20(18(17)21(27)29-5)15-8-7-9-16(23)19(15)24/h7-10,13-14,20H,6,11,25H2,1-5H3. The molecule has 1 aromatic rings. The average Bonchev–Trinajstić information content (AvgIpc) is 2.73. The lowest BCUT2D eigenvalue weighted by Crippen LogP contribution is -2.38. The molecule has 3 atom stereocenters. The summed E-state index contributed by atoms with van der Waals surface area (Å²) in [7, 11) is 1.24. The Hall–Kier alpha value is -2.10. The van der Waals surface area contributed by atoms with Gasteiger partial charge in [-0.2, -0.15) is 0 Å². The highest BCUT2D eigenvalue weighted by molar-refractivity contribution is 6.42. The predicted octanol–water partition coefficient (Wildman–Crippen LogP) is 3.93. The van der Waals surface area contributed by atoms with Gasteiger partial charge in [0.15, 0.2) is 6.29 Å². The molecule has 1 aliphatic heterocycles. The Labute approximate surface area is 197 Å². The van der Waals surface area contributed by atoms with Crippen molar-refractivity contribution in [3.05, 3.63) is 56.7 Å². The molecule has 1 aliphatic rings. The summed E-state index contributed by atoms with van der Waals surface area (Å²) < 4.78 is 21.4. The minimum absolute atomic E-state index is 0.00463. The first-order chi connectivity index (χ1) is 15.1. The molecule has 0 amide bonds. The van der Waals surface area contributed by atoms with Crippen LogP contribution in [0.1, 0.15) is 39.3 Å². The van der Waals surface area contributed by atoms with Crippen molar-refractivity contribution in [2.75, 3.05) is 20.4 Å². The summed E-state index contributed by atoms with van der Waals surface area (Å²) in [5.41, 5.74) is 6.83. The third kappa shape index (κ3) is 6.02. The normalized spacial score (nSPS) is 18.2. The van der Waals surface area contributed by atoms with Gasteiger partial charge in [-0.1, -0.05) is 35.3 Å². The number of nitrogens with zero attached hydrogens (tertiary/aromatic N) is 1. The first-order valence-corrected chi connectivity index (χ1v) is 10.8. The number of carbonyl (C=O) groups excluding carboxylic acids is 2. The molecule has 1 aromatic carbocycles. The second kappa shape index (κ2) is 11.7. The minimum Gasteiger partial charge on any atom is -0.466 e. The van der Waals surface area contributed by atoms with Crippen molar-refractivity contribution >= 4 is 35.1 Å². The first-order valence-electron chi connectivity index (χ1n) is 10.0. The molecule has 0 fully saturated rings. The Morgan fingerprint density at radius 1 is 1.22 bits per heavy atom. The molecule has 176 valence electrons. The second-order valence-electron chi connectivity index (χ2n) is 7.08. The van der Waals surface area contributed by atoms with Gasteiger partial charge >= 0.3 is 11.9 Å². The Balaban J connectivity index is 2.63. The van der Waals surface area contributed by atoms with Gasteiger partial charge in [0.2, 0.25) is 0 Å². The number of benzene rings is 1. The highest BCUT2D eigenvalue weighted by Gasteiger charge is 2.39. The lowest BCUT2D eigenvalue weighted by molar-refractivity contribution is -0.174. The molecule has 0 spiro atoms. The van der Waals surface area contributed by atoms with Gasteiger partial charge in [0.05, 0.1) is 40.9 Å². The monoisotopic (exact) mass is 486 g/mol. The van der Waals surface area contributed by atoms with E-state index in [0.717, 1.165) is 0 Å². The third-order valence-electron chi connectivity index (χ3n) is 4.65. The van der Waals surface area contributed by atoms with E-state index in [-0.39, 0.29) is 29.5 Å². The number of nitrogens with two attached hydrogens (primary N) is 1. The molecule has 2 N–H and O–H groups in total. The average molecular weight is 487 g/mol. The van der Waals surface area contributed by atoms with Gasteiger partial charge in [-0.15, -0.1) is 0 Å². The van der Waals surface area contributed by atoms with Gasteiger partial charge in [-0.25, -0.2) is 9.59 Å². The lowest BCUT2D eigenvalue weighted by atomic mass is 9.87. The molecule has 1 heterocycles. The number of carbonyl (C=O) groups is 2. The second-order valence-corrected chi connectivity index (χ2v) is 7.86. The van der Waals surface area contributed by atoms with E-state index in [0.29, 0.717) is 16.2 Å². The first kappa shape index (κ1) is 26.2. The van der Waals surface area contributed by atoms with Crippen LogP contribution in [0.5, 0.6) is 0 Å². The maximum Gasteiger partial charge on any atom is 0.339 e. The molecule has 0 bridgehead atoms. The van der Waals surface area contributed by atoms with Gasteiger partial charge < -0.3 is 29.6 Å². The Bertz CT molecular complexity index is 916. The maximum atomic E-state index is 12.9. The largest absolute Gasteiger partial charge is 0.466 e. The van der Waals surface area contributed by atoms with E-state index in [4.69, 9.17) is 47.9 Å².